The second-order valence-electron chi connectivity index (χ2n) is 4.05. The first-order valence-corrected chi connectivity index (χ1v) is 8.47. The van der Waals surface area contributed by atoms with Crippen molar-refractivity contribution in [3.63, 3.8) is 0 Å². The predicted octanol–water partition coefficient (Wildman–Crippen LogP) is 1.82. The maximum atomic E-state index is 11.7. The van der Waals surface area contributed by atoms with Crippen LogP contribution in [0.3, 0.4) is 0 Å². The molecule has 0 radical (unpaired) electrons. The van der Waals surface area contributed by atoms with E-state index < -0.39 is 25.2 Å². The van der Waals surface area contributed by atoms with Crippen molar-refractivity contribution < 1.29 is 8.42 Å². The van der Waals surface area contributed by atoms with Crippen molar-refractivity contribution >= 4 is 42.9 Å². The summed E-state index contributed by atoms with van der Waals surface area (Å²) in [5, 5.41) is 0.741. The van der Waals surface area contributed by atoms with E-state index in [1.54, 1.807) is 6.07 Å². The Morgan fingerprint density at radius 1 is 1.19 bits per heavy atom. The number of nitrogens with one attached hydrogen (secondary N) is 1. The minimum Gasteiger partial charge on any atom is -0.295 e. The fraction of sp³-hybridized carbons (Fsp3) is 0.0909. The Kier molecular flexibility index (Phi) is 4.48. The molecule has 0 aliphatic heterocycles. The Morgan fingerprint density at radius 3 is 2.48 bits per heavy atom. The Hall–Kier alpha value is -1.28. The van der Waals surface area contributed by atoms with Crippen LogP contribution in [0.15, 0.2) is 38.9 Å². The zero-order chi connectivity index (χ0) is 15.8. The zero-order valence-corrected chi connectivity index (χ0v) is 13.2. The molecule has 0 spiro atoms. The molecule has 1 aromatic heterocycles. The van der Waals surface area contributed by atoms with E-state index in [1.165, 1.54) is 12.1 Å². The lowest BCUT2D eigenvalue weighted by molar-refractivity contribution is 0.603. The third kappa shape index (κ3) is 3.68. The second-order valence-corrected chi connectivity index (χ2v) is 7.43. The standard InChI is InChI=1S/C11H7Cl3N2O4S/c12-7-1-2-8(13)6(3-7)4-16-5-9(21(14,19)20)10(17)15-11(16)18/h1-3,5H,4H2,(H,15,17,18). The summed E-state index contributed by atoms with van der Waals surface area (Å²) in [7, 11) is 0.864. The van der Waals surface area contributed by atoms with E-state index in [2.05, 4.69) is 0 Å². The summed E-state index contributed by atoms with van der Waals surface area (Å²) in [4.78, 5) is 24.3. The third-order valence-electron chi connectivity index (χ3n) is 2.59. The average Bonchev–Trinajstić information content (AvgIpc) is 2.35. The van der Waals surface area contributed by atoms with Crippen molar-refractivity contribution in [2.45, 2.75) is 11.4 Å². The van der Waals surface area contributed by atoms with E-state index >= 15 is 0 Å². The van der Waals surface area contributed by atoms with Crippen LogP contribution in [0, 0.1) is 0 Å². The van der Waals surface area contributed by atoms with Gasteiger partial charge in [-0.05, 0) is 23.8 Å². The first kappa shape index (κ1) is 16.1. The number of halogens is 3. The molecule has 1 N–H and O–H groups in total. The molecule has 2 aromatic rings. The van der Waals surface area contributed by atoms with Crippen LogP contribution in [-0.4, -0.2) is 18.0 Å². The maximum absolute atomic E-state index is 11.7. The maximum Gasteiger partial charge on any atom is 0.328 e. The van der Waals surface area contributed by atoms with Gasteiger partial charge in [0.05, 0.1) is 6.54 Å². The van der Waals surface area contributed by atoms with Crippen LogP contribution < -0.4 is 11.2 Å². The number of aromatic amines is 1. The molecule has 0 atom stereocenters. The van der Waals surface area contributed by atoms with Gasteiger partial charge in [-0.25, -0.2) is 13.2 Å². The molecule has 1 aromatic carbocycles. The molecule has 1 heterocycles. The summed E-state index contributed by atoms with van der Waals surface area (Å²) < 4.78 is 23.5. The summed E-state index contributed by atoms with van der Waals surface area (Å²) in [6.45, 7) is -0.0750. The normalized spacial score (nSPS) is 11.6. The molecule has 0 aliphatic rings. The van der Waals surface area contributed by atoms with E-state index in [9.17, 15) is 18.0 Å². The molecular weight excluding hydrogens is 363 g/mol. The molecule has 0 saturated carbocycles. The lowest BCUT2D eigenvalue weighted by Crippen LogP contribution is -2.32. The van der Waals surface area contributed by atoms with Crippen LogP contribution in [0.2, 0.25) is 10.0 Å². The molecule has 10 heteroatoms. The van der Waals surface area contributed by atoms with Crippen LogP contribution in [0.4, 0.5) is 0 Å². The SMILES string of the molecule is O=c1[nH]c(=O)n(Cc2cc(Cl)ccc2Cl)cc1S(=O)(=O)Cl. The number of benzene rings is 1. The highest BCUT2D eigenvalue weighted by atomic mass is 35.7. The number of aromatic nitrogens is 2. The molecule has 0 unspecified atom stereocenters. The van der Waals surface area contributed by atoms with Gasteiger partial charge in [0.25, 0.3) is 14.6 Å². The van der Waals surface area contributed by atoms with Gasteiger partial charge in [-0.3, -0.25) is 14.3 Å². The number of rotatable bonds is 3. The second kappa shape index (κ2) is 5.84. The van der Waals surface area contributed by atoms with E-state index in [0.29, 0.717) is 15.6 Å². The molecule has 6 nitrogen and oxygen atoms in total. The van der Waals surface area contributed by atoms with Gasteiger partial charge in [0.1, 0.15) is 0 Å². The van der Waals surface area contributed by atoms with Crippen LogP contribution in [-0.2, 0) is 15.6 Å². The van der Waals surface area contributed by atoms with Crippen LogP contribution >= 0.6 is 33.9 Å². The molecule has 0 aliphatic carbocycles. The summed E-state index contributed by atoms with van der Waals surface area (Å²) in [6.07, 6.45) is 0.862. The van der Waals surface area contributed by atoms with Crippen molar-refractivity contribution in [1.82, 2.24) is 9.55 Å². The van der Waals surface area contributed by atoms with Gasteiger partial charge in [-0.2, -0.15) is 0 Å². The van der Waals surface area contributed by atoms with Crippen molar-refractivity contribution in [3.8, 4) is 0 Å². The first-order chi connectivity index (χ1) is 9.68. The van der Waals surface area contributed by atoms with E-state index in [4.69, 9.17) is 33.9 Å². The summed E-state index contributed by atoms with van der Waals surface area (Å²) >= 11 is 11.8. The highest BCUT2D eigenvalue weighted by Crippen LogP contribution is 2.21. The van der Waals surface area contributed by atoms with E-state index in [0.717, 1.165) is 10.8 Å². The summed E-state index contributed by atoms with van der Waals surface area (Å²) in [5.41, 5.74) is -1.39. The Morgan fingerprint density at radius 2 is 1.86 bits per heavy atom. The van der Waals surface area contributed by atoms with E-state index in [1.807, 2.05) is 4.98 Å². The van der Waals surface area contributed by atoms with Gasteiger partial charge in [0.2, 0.25) is 0 Å². The molecule has 0 fully saturated rings. The largest absolute Gasteiger partial charge is 0.328 e. The quantitative estimate of drug-likeness (QED) is 0.836. The molecule has 112 valence electrons. The number of H-pyrrole nitrogens is 1. The van der Waals surface area contributed by atoms with Gasteiger partial charge in [0, 0.05) is 26.9 Å². The van der Waals surface area contributed by atoms with Crippen LogP contribution in [0.5, 0.6) is 0 Å². The molecule has 2 rings (SSSR count). The fourth-order valence-corrected chi connectivity index (χ4v) is 2.86. The number of nitrogens with zero attached hydrogens (tertiary/aromatic N) is 1. The Labute approximate surface area is 133 Å². The van der Waals surface area contributed by atoms with Crippen molar-refractivity contribution in [2.75, 3.05) is 0 Å². The lowest BCUT2D eigenvalue weighted by atomic mass is 10.2. The van der Waals surface area contributed by atoms with Gasteiger partial charge in [-0.15, -0.1) is 0 Å². The van der Waals surface area contributed by atoms with Gasteiger partial charge < -0.3 is 0 Å². The topological polar surface area (TPSA) is 89.0 Å². The summed E-state index contributed by atoms with van der Waals surface area (Å²) in [6, 6.07) is 4.63. The third-order valence-corrected chi connectivity index (χ3v) is 4.51. The summed E-state index contributed by atoms with van der Waals surface area (Å²) in [5.74, 6) is 0. The molecule has 0 bridgehead atoms. The smallest absolute Gasteiger partial charge is 0.295 e. The monoisotopic (exact) mass is 368 g/mol. The highest BCUT2D eigenvalue weighted by molar-refractivity contribution is 8.13. The molecule has 0 amide bonds. The minimum absolute atomic E-state index is 0.0750. The zero-order valence-electron chi connectivity index (χ0n) is 10.1. The van der Waals surface area contributed by atoms with Crippen LogP contribution in [0.25, 0.3) is 0 Å². The molecule has 21 heavy (non-hydrogen) atoms. The van der Waals surface area contributed by atoms with E-state index in [-0.39, 0.29) is 6.54 Å². The van der Waals surface area contributed by atoms with Crippen molar-refractivity contribution in [1.29, 1.82) is 0 Å². The highest BCUT2D eigenvalue weighted by Gasteiger charge is 2.17. The van der Waals surface area contributed by atoms with Gasteiger partial charge in [0.15, 0.2) is 4.90 Å². The van der Waals surface area contributed by atoms with Crippen LogP contribution in [0.1, 0.15) is 5.56 Å². The van der Waals surface area contributed by atoms with Crippen molar-refractivity contribution in [3.05, 3.63) is 60.8 Å². The molecule has 0 saturated heterocycles. The minimum atomic E-state index is -4.27. The first-order valence-electron chi connectivity index (χ1n) is 5.41. The van der Waals surface area contributed by atoms with Gasteiger partial charge in [-0.1, -0.05) is 23.2 Å². The Balaban J connectivity index is 2.58. The molecular formula is C11H7Cl3N2O4S. The van der Waals surface area contributed by atoms with Crippen molar-refractivity contribution in [2.24, 2.45) is 0 Å². The predicted molar refractivity (Wildman–Crippen MR) is 79.9 cm³/mol. The number of hydrogen-bond acceptors (Lipinski definition) is 4. The van der Waals surface area contributed by atoms with Gasteiger partial charge >= 0.3 is 5.69 Å². The fourth-order valence-electron chi connectivity index (χ4n) is 1.63. The number of hydrogen-bond donors (Lipinski definition) is 1. The Bertz CT molecular complexity index is 918. The lowest BCUT2D eigenvalue weighted by Gasteiger charge is -2.08. The average molecular weight is 370 g/mol.